The summed E-state index contributed by atoms with van der Waals surface area (Å²) < 4.78 is 15.8. The fourth-order valence-electron chi connectivity index (χ4n) is 1.10. The molecule has 0 aliphatic carbocycles. The van der Waals surface area contributed by atoms with E-state index in [9.17, 15) is 0 Å². The van der Waals surface area contributed by atoms with Crippen molar-refractivity contribution in [2.45, 2.75) is 12.4 Å². The van der Waals surface area contributed by atoms with Gasteiger partial charge in [-0.3, -0.25) is 0 Å². The average Bonchev–Trinajstić information content (AvgIpc) is 2.75. The Morgan fingerprint density at radius 2 is 2.50 bits per heavy atom. The van der Waals surface area contributed by atoms with Crippen molar-refractivity contribution in [3.05, 3.63) is 24.2 Å². The summed E-state index contributed by atoms with van der Waals surface area (Å²) in [5.74, 6) is 1.15. The van der Waals surface area contributed by atoms with Gasteiger partial charge in [-0.1, -0.05) is 0 Å². The first kappa shape index (κ1) is 8.10. The van der Waals surface area contributed by atoms with E-state index in [-0.39, 0.29) is 12.4 Å². The molecule has 1 aliphatic rings. The second-order valence-corrected chi connectivity index (χ2v) is 2.90. The molecule has 0 saturated carbocycles. The molecule has 0 N–H and O–H groups in total. The van der Waals surface area contributed by atoms with Gasteiger partial charge < -0.3 is 13.9 Å². The maximum absolute atomic E-state index is 5.60. The molecule has 1 saturated heterocycles. The van der Waals surface area contributed by atoms with Crippen LogP contribution in [0.2, 0.25) is 0 Å². The Hall–Kier alpha value is -0.510. The van der Waals surface area contributed by atoms with Crippen LogP contribution in [0, 0.1) is 0 Å². The SMILES string of the molecule is ClCC1COC(c2ccco2)O1. The van der Waals surface area contributed by atoms with Crippen molar-refractivity contribution in [2.24, 2.45) is 0 Å². The predicted molar refractivity (Wildman–Crippen MR) is 43.0 cm³/mol. The summed E-state index contributed by atoms with van der Waals surface area (Å²) in [5.41, 5.74) is 0. The number of hydrogen-bond acceptors (Lipinski definition) is 3. The van der Waals surface area contributed by atoms with Crippen LogP contribution in [0.5, 0.6) is 0 Å². The minimum atomic E-state index is -0.372. The highest BCUT2D eigenvalue weighted by molar-refractivity contribution is 6.18. The van der Waals surface area contributed by atoms with Gasteiger partial charge in [-0.05, 0) is 12.1 Å². The minimum absolute atomic E-state index is 0.0123. The van der Waals surface area contributed by atoms with Crippen molar-refractivity contribution in [1.29, 1.82) is 0 Å². The minimum Gasteiger partial charge on any atom is -0.464 e. The number of rotatable bonds is 2. The lowest BCUT2D eigenvalue weighted by atomic mass is 10.4. The lowest BCUT2D eigenvalue weighted by Gasteiger charge is -2.05. The van der Waals surface area contributed by atoms with Crippen LogP contribution in [0.4, 0.5) is 0 Å². The van der Waals surface area contributed by atoms with Crippen LogP contribution in [-0.4, -0.2) is 18.6 Å². The average molecular weight is 189 g/mol. The number of halogens is 1. The number of ether oxygens (including phenoxy) is 2. The molecule has 0 radical (unpaired) electrons. The third-order valence-electron chi connectivity index (χ3n) is 1.70. The van der Waals surface area contributed by atoms with Gasteiger partial charge in [0.15, 0.2) is 5.76 Å². The monoisotopic (exact) mass is 188 g/mol. The largest absolute Gasteiger partial charge is 0.464 e. The fraction of sp³-hybridized carbons (Fsp3) is 0.500. The first-order valence-electron chi connectivity index (χ1n) is 3.76. The second-order valence-electron chi connectivity index (χ2n) is 2.59. The standard InChI is InChI=1S/C8H9ClO3/c9-4-6-5-11-8(12-6)7-2-1-3-10-7/h1-3,6,8H,4-5H2. The summed E-state index contributed by atoms with van der Waals surface area (Å²) in [5, 5.41) is 0. The molecule has 1 aliphatic heterocycles. The second kappa shape index (κ2) is 3.47. The molecule has 2 unspecified atom stereocenters. The van der Waals surface area contributed by atoms with Crippen molar-refractivity contribution in [3.8, 4) is 0 Å². The van der Waals surface area contributed by atoms with E-state index in [1.165, 1.54) is 0 Å². The summed E-state index contributed by atoms with van der Waals surface area (Å²) in [6.45, 7) is 0.537. The van der Waals surface area contributed by atoms with Gasteiger partial charge in [-0.15, -0.1) is 11.6 Å². The molecule has 3 nitrogen and oxygen atoms in total. The predicted octanol–water partition coefficient (Wildman–Crippen LogP) is 1.93. The molecule has 0 aromatic carbocycles. The van der Waals surface area contributed by atoms with Crippen LogP contribution in [-0.2, 0) is 9.47 Å². The van der Waals surface area contributed by atoms with Crippen LogP contribution < -0.4 is 0 Å². The van der Waals surface area contributed by atoms with Crippen LogP contribution in [0.15, 0.2) is 22.8 Å². The van der Waals surface area contributed by atoms with E-state index in [1.807, 2.05) is 6.07 Å². The lowest BCUT2D eigenvalue weighted by molar-refractivity contribution is -0.0706. The smallest absolute Gasteiger partial charge is 0.217 e. The van der Waals surface area contributed by atoms with E-state index in [1.54, 1.807) is 12.3 Å². The Labute approximate surface area is 75.2 Å². The maximum Gasteiger partial charge on any atom is 0.217 e. The van der Waals surface area contributed by atoms with Crippen LogP contribution >= 0.6 is 11.6 Å². The van der Waals surface area contributed by atoms with Gasteiger partial charge in [-0.2, -0.15) is 0 Å². The molecular formula is C8H9ClO3. The van der Waals surface area contributed by atoms with Gasteiger partial charge in [0.2, 0.25) is 6.29 Å². The lowest BCUT2D eigenvalue weighted by Crippen LogP contribution is -2.10. The zero-order valence-corrected chi connectivity index (χ0v) is 7.16. The van der Waals surface area contributed by atoms with Crippen molar-refractivity contribution in [2.75, 3.05) is 12.5 Å². The molecule has 0 bridgehead atoms. The van der Waals surface area contributed by atoms with E-state index in [0.29, 0.717) is 18.2 Å². The zero-order valence-electron chi connectivity index (χ0n) is 6.40. The summed E-state index contributed by atoms with van der Waals surface area (Å²) in [7, 11) is 0. The molecule has 2 atom stereocenters. The molecule has 1 aromatic rings. The normalized spacial score (nSPS) is 29.4. The number of furan rings is 1. The first-order valence-corrected chi connectivity index (χ1v) is 4.30. The molecule has 1 aromatic heterocycles. The number of alkyl halides is 1. The Balaban J connectivity index is 2.00. The third kappa shape index (κ3) is 1.48. The van der Waals surface area contributed by atoms with Crippen molar-refractivity contribution >= 4 is 11.6 Å². The van der Waals surface area contributed by atoms with E-state index >= 15 is 0 Å². The van der Waals surface area contributed by atoms with Crippen LogP contribution in [0.25, 0.3) is 0 Å². The molecule has 12 heavy (non-hydrogen) atoms. The van der Waals surface area contributed by atoms with Gasteiger partial charge in [0, 0.05) is 0 Å². The summed E-state index contributed by atoms with van der Waals surface area (Å²) in [4.78, 5) is 0. The van der Waals surface area contributed by atoms with E-state index in [0.717, 1.165) is 0 Å². The van der Waals surface area contributed by atoms with E-state index in [4.69, 9.17) is 25.5 Å². The van der Waals surface area contributed by atoms with E-state index in [2.05, 4.69) is 0 Å². The Bertz CT molecular complexity index is 234. The Morgan fingerprint density at radius 1 is 1.58 bits per heavy atom. The maximum atomic E-state index is 5.60. The molecule has 0 amide bonds. The van der Waals surface area contributed by atoms with Crippen molar-refractivity contribution in [1.82, 2.24) is 0 Å². The van der Waals surface area contributed by atoms with Gasteiger partial charge in [-0.25, -0.2) is 0 Å². The highest BCUT2D eigenvalue weighted by Gasteiger charge is 2.28. The zero-order chi connectivity index (χ0) is 8.39. The van der Waals surface area contributed by atoms with Crippen molar-refractivity contribution in [3.63, 3.8) is 0 Å². The van der Waals surface area contributed by atoms with Crippen LogP contribution in [0.1, 0.15) is 12.1 Å². The highest BCUT2D eigenvalue weighted by Crippen LogP contribution is 2.27. The topological polar surface area (TPSA) is 31.6 Å². The summed E-state index contributed by atoms with van der Waals surface area (Å²) in [6, 6.07) is 3.62. The molecule has 1 fully saturated rings. The molecule has 0 spiro atoms. The quantitative estimate of drug-likeness (QED) is 0.665. The van der Waals surface area contributed by atoms with E-state index < -0.39 is 0 Å². The Kier molecular flexibility index (Phi) is 2.35. The van der Waals surface area contributed by atoms with Crippen molar-refractivity contribution < 1.29 is 13.9 Å². The molecular weight excluding hydrogens is 180 g/mol. The Morgan fingerprint density at radius 3 is 3.08 bits per heavy atom. The summed E-state index contributed by atoms with van der Waals surface area (Å²) in [6.07, 6.45) is 1.21. The van der Waals surface area contributed by atoms with Gasteiger partial charge in [0.1, 0.15) is 0 Å². The third-order valence-corrected chi connectivity index (χ3v) is 2.04. The summed E-state index contributed by atoms with van der Waals surface area (Å²) >= 11 is 5.60. The first-order chi connectivity index (χ1) is 5.90. The molecule has 2 heterocycles. The molecule has 66 valence electrons. The van der Waals surface area contributed by atoms with Gasteiger partial charge in [0.25, 0.3) is 0 Å². The van der Waals surface area contributed by atoms with Gasteiger partial charge in [0.05, 0.1) is 24.9 Å². The number of hydrogen-bond donors (Lipinski definition) is 0. The van der Waals surface area contributed by atoms with Crippen LogP contribution in [0.3, 0.4) is 0 Å². The molecule has 2 rings (SSSR count). The fourth-order valence-corrected chi connectivity index (χ4v) is 1.27. The van der Waals surface area contributed by atoms with Gasteiger partial charge >= 0.3 is 0 Å². The highest BCUT2D eigenvalue weighted by atomic mass is 35.5. The molecule has 4 heteroatoms.